The van der Waals surface area contributed by atoms with Gasteiger partial charge in [-0.25, -0.2) is 0 Å². The maximum absolute atomic E-state index is 10.5. The number of phenols is 2. The summed E-state index contributed by atoms with van der Waals surface area (Å²) in [4.78, 5) is 0. The molecule has 2 aromatic carbocycles. The predicted molar refractivity (Wildman–Crippen MR) is 79.6 cm³/mol. The van der Waals surface area contributed by atoms with E-state index in [9.17, 15) is 10.2 Å². The van der Waals surface area contributed by atoms with Crippen molar-refractivity contribution in [2.45, 2.75) is 0 Å². The molecule has 0 radical (unpaired) electrons. The van der Waals surface area contributed by atoms with Crippen molar-refractivity contribution in [3.05, 3.63) is 59.7 Å². The fraction of sp³-hybridized carbons (Fsp3) is 0. The maximum Gasteiger partial charge on any atom is 1.00 e. The molecule has 0 saturated heterocycles. The molecule has 0 atom stereocenters. The number of para-hydroxylation sites is 2. The first kappa shape index (κ1) is 24.1. The van der Waals surface area contributed by atoms with E-state index in [0.29, 0.717) is 0 Å². The minimum Gasteiger partial charge on any atom is -0.864 e. The number of phenolic OH excluding ortho intramolecular Hbond substituents is 2. The number of hydrogen-bond acceptors (Lipinski definition) is 6. The second kappa shape index (κ2) is 12.3. The van der Waals surface area contributed by atoms with Gasteiger partial charge >= 0.3 is 59.1 Å². The largest absolute Gasteiger partial charge is 1.00 e. The molecule has 0 aliphatic rings. The Morgan fingerprint density at radius 3 is 1.14 bits per heavy atom. The molecule has 104 valence electrons. The first-order valence-electron chi connectivity index (χ1n) is 5.42. The third-order valence-corrected chi connectivity index (χ3v) is 2.69. The van der Waals surface area contributed by atoms with E-state index in [4.69, 9.17) is 10.2 Å². The fourth-order valence-electron chi connectivity index (χ4n) is 1.29. The molecule has 0 unspecified atom stereocenters. The Morgan fingerprint density at radius 2 is 0.955 bits per heavy atom. The molecule has 8 heteroatoms. The zero-order valence-electron chi connectivity index (χ0n) is 12.1. The molecular formula is C14H10Na2O4S2. The van der Waals surface area contributed by atoms with Gasteiger partial charge in [-0.05, 0) is 22.2 Å². The minimum absolute atomic E-state index is 0. The van der Waals surface area contributed by atoms with E-state index in [0.717, 1.165) is 0 Å². The summed E-state index contributed by atoms with van der Waals surface area (Å²) in [5, 5.41) is 38.0. The van der Waals surface area contributed by atoms with Gasteiger partial charge in [0, 0.05) is 11.1 Å². The molecule has 2 aromatic rings. The topological polar surface area (TPSA) is 86.6 Å². The van der Waals surface area contributed by atoms with Crippen molar-refractivity contribution in [1.82, 2.24) is 0 Å². The summed E-state index contributed by atoms with van der Waals surface area (Å²) in [5.41, 5.74) is 0.384. The van der Waals surface area contributed by atoms with Crippen molar-refractivity contribution in [2.75, 3.05) is 0 Å². The summed E-state index contributed by atoms with van der Waals surface area (Å²) in [6.45, 7) is 0. The van der Waals surface area contributed by atoms with E-state index < -0.39 is 10.1 Å². The Balaban J connectivity index is 0. The summed E-state index contributed by atoms with van der Waals surface area (Å²) in [5.74, 6) is -0.106. The maximum atomic E-state index is 10.5. The molecular weight excluding hydrogens is 342 g/mol. The van der Waals surface area contributed by atoms with Crippen LogP contribution in [0.1, 0.15) is 11.1 Å². The van der Waals surface area contributed by atoms with E-state index in [2.05, 4.69) is 24.4 Å². The molecule has 0 spiro atoms. The SMILES string of the molecule is [Na+].[Na+].[O-]C(=S)c1ccccc1O.[O-]C(=S)c1ccccc1O. The predicted octanol–water partition coefficient (Wildman–Crippen LogP) is -5.14. The number of hydrogen-bond donors (Lipinski definition) is 2. The van der Waals surface area contributed by atoms with Gasteiger partial charge < -0.3 is 20.4 Å². The van der Waals surface area contributed by atoms with Crippen LogP contribution in [-0.2, 0) is 0 Å². The van der Waals surface area contributed by atoms with Crippen LogP contribution < -0.4 is 69.3 Å². The van der Waals surface area contributed by atoms with Crippen LogP contribution in [0.5, 0.6) is 11.5 Å². The molecule has 0 aromatic heterocycles. The molecule has 0 saturated carbocycles. The number of aromatic hydroxyl groups is 2. The molecule has 0 aliphatic carbocycles. The van der Waals surface area contributed by atoms with Crippen molar-refractivity contribution in [3.8, 4) is 11.5 Å². The van der Waals surface area contributed by atoms with Gasteiger partial charge in [0.25, 0.3) is 0 Å². The number of thiocarbonyl (C=S) groups is 2. The van der Waals surface area contributed by atoms with Gasteiger partial charge in [0.15, 0.2) is 0 Å². The van der Waals surface area contributed by atoms with Gasteiger partial charge in [0.1, 0.15) is 11.5 Å². The van der Waals surface area contributed by atoms with E-state index in [1.54, 1.807) is 24.3 Å². The van der Waals surface area contributed by atoms with Gasteiger partial charge in [-0.2, -0.15) is 0 Å². The van der Waals surface area contributed by atoms with E-state index in [1.807, 2.05) is 0 Å². The van der Waals surface area contributed by atoms with Crippen molar-refractivity contribution < 1.29 is 79.5 Å². The van der Waals surface area contributed by atoms with E-state index in [-0.39, 0.29) is 81.7 Å². The summed E-state index contributed by atoms with van der Waals surface area (Å²) >= 11 is 8.67. The third kappa shape index (κ3) is 7.89. The van der Waals surface area contributed by atoms with Crippen LogP contribution in [0.2, 0.25) is 0 Å². The molecule has 4 nitrogen and oxygen atoms in total. The second-order valence-corrected chi connectivity index (χ2v) is 4.35. The van der Waals surface area contributed by atoms with Crippen LogP contribution >= 0.6 is 24.4 Å². The van der Waals surface area contributed by atoms with Crippen molar-refractivity contribution in [1.29, 1.82) is 0 Å². The summed E-state index contributed by atoms with van der Waals surface area (Å²) < 4.78 is 0. The molecule has 2 N–H and O–H groups in total. The third-order valence-electron chi connectivity index (χ3n) is 2.25. The normalized spacial score (nSPS) is 8.36. The van der Waals surface area contributed by atoms with Crippen LogP contribution in [0.4, 0.5) is 0 Å². The average Bonchev–Trinajstić information content (AvgIpc) is 2.40. The first-order valence-corrected chi connectivity index (χ1v) is 6.23. The van der Waals surface area contributed by atoms with Crippen LogP contribution in [0.3, 0.4) is 0 Å². The monoisotopic (exact) mass is 352 g/mol. The Labute approximate surface area is 183 Å². The molecule has 0 bridgehead atoms. The summed E-state index contributed by atoms with van der Waals surface area (Å²) in [7, 11) is 0. The number of benzene rings is 2. The van der Waals surface area contributed by atoms with E-state index >= 15 is 0 Å². The molecule has 0 fully saturated rings. The van der Waals surface area contributed by atoms with Gasteiger partial charge in [-0.15, -0.1) is 0 Å². The Bertz CT molecular complexity index is 580. The second-order valence-electron chi connectivity index (χ2n) is 3.61. The van der Waals surface area contributed by atoms with Gasteiger partial charge in [0.2, 0.25) is 0 Å². The van der Waals surface area contributed by atoms with Gasteiger partial charge in [-0.3, -0.25) is 0 Å². The Morgan fingerprint density at radius 1 is 0.682 bits per heavy atom. The van der Waals surface area contributed by atoms with Crippen LogP contribution in [0, 0.1) is 0 Å². The zero-order valence-corrected chi connectivity index (χ0v) is 17.8. The molecule has 0 heterocycles. The summed E-state index contributed by atoms with van der Waals surface area (Å²) in [6.07, 6.45) is 0. The summed E-state index contributed by atoms with van der Waals surface area (Å²) in [6, 6.07) is 12.4. The minimum atomic E-state index is -0.530. The van der Waals surface area contributed by atoms with E-state index in [1.165, 1.54) is 24.3 Å². The molecule has 0 amide bonds. The van der Waals surface area contributed by atoms with Crippen molar-refractivity contribution >= 4 is 34.5 Å². The van der Waals surface area contributed by atoms with Gasteiger partial charge in [0.05, 0.1) is 0 Å². The van der Waals surface area contributed by atoms with Crippen molar-refractivity contribution in [2.24, 2.45) is 0 Å². The zero-order chi connectivity index (χ0) is 15.1. The van der Waals surface area contributed by atoms with Gasteiger partial charge in [-0.1, -0.05) is 60.8 Å². The Kier molecular flexibility index (Phi) is 13.4. The van der Waals surface area contributed by atoms with Crippen LogP contribution in [-0.4, -0.2) is 20.3 Å². The quantitative estimate of drug-likeness (QED) is 0.415. The first-order chi connectivity index (χ1) is 9.43. The molecule has 2 rings (SSSR count). The molecule has 0 aliphatic heterocycles. The average molecular weight is 352 g/mol. The smallest absolute Gasteiger partial charge is 0.864 e. The standard InChI is InChI=1S/2C7H6O2S.2Na/c2*8-6-4-2-1-3-5(6)7(9)10;;/h2*1-4,8H,(H,9,10);;/q;;2*+1/p-2. The Hall–Kier alpha value is -0.180. The van der Waals surface area contributed by atoms with Crippen LogP contribution in [0.25, 0.3) is 0 Å². The fourth-order valence-corrected chi connectivity index (χ4v) is 1.64. The van der Waals surface area contributed by atoms with Crippen LogP contribution in [0.15, 0.2) is 48.5 Å². The van der Waals surface area contributed by atoms with Crippen molar-refractivity contribution in [3.63, 3.8) is 0 Å². The number of rotatable bonds is 2. The molecule has 22 heavy (non-hydrogen) atoms.